The molecule has 5 aliphatic rings. The van der Waals surface area contributed by atoms with E-state index < -0.39 is 47.7 Å². The van der Waals surface area contributed by atoms with Crippen LogP contribution in [0.4, 0.5) is 26.0 Å². The largest absolute Gasteiger partial charge is 0.444 e. The number of aromatic nitrogens is 4. The molecule has 4 fully saturated rings. The number of hydrogen-bond acceptors (Lipinski definition) is 16. The Morgan fingerprint density at radius 3 is 2.35 bits per heavy atom. The Bertz CT molecular complexity index is 2800. The van der Waals surface area contributed by atoms with E-state index in [1.165, 1.54) is 30.0 Å². The first-order chi connectivity index (χ1) is 35.0. The number of alkyl halides is 2. The molecule has 1 aliphatic carbocycles. The summed E-state index contributed by atoms with van der Waals surface area (Å²) in [4.78, 5) is 77.9. The summed E-state index contributed by atoms with van der Waals surface area (Å²) in [5.41, 5.74) is 2.70. The van der Waals surface area contributed by atoms with Crippen LogP contribution in [0.1, 0.15) is 74.6 Å². The van der Waals surface area contributed by atoms with E-state index in [1.807, 2.05) is 12.1 Å². The third-order valence-corrected chi connectivity index (χ3v) is 13.5. The number of rotatable bonds is 24. The number of anilines is 3. The minimum Gasteiger partial charge on any atom is -0.444 e. The Kier molecular flexibility index (Phi) is 14.5. The second-order valence-corrected chi connectivity index (χ2v) is 19.0. The van der Waals surface area contributed by atoms with Gasteiger partial charge in [-0.2, -0.15) is 5.10 Å². The zero-order valence-corrected chi connectivity index (χ0v) is 39.5. The van der Waals surface area contributed by atoms with Crippen molar-refractivity contribution < 1.29 is 46.6 Å². The molecule has 22 heteroatoms. The summed E-state index contributed by atoms with van der Waals surface area (Å²) in [5, 5.41) is 18.7. The molecule has 0 radical (unpaired) electrons. The molecule has 1 unspecified atom stereocenters. The van der Waals surface area contributed by atoms with E-state index in [0.29, 0.717) is 80.2 Å². The SMILES string of the molecule is O=C1CCC(N2C(=O)c3cccc(NCCOCCN4CC5(CN(CCOCCNCc6ccc(-n7cc(NC(=O)c8coc(-c9ccnc(NCC%10CC%10)c9)n8)c(C(F)F)n7)cc6)C5)C4)c3C2=O)C(=O)N1. The summed E-state index contributed by atoms with van der Waals surface area (Å²) in [6.07, 6.45) is 3.81. The van der Waals surface area contributed by atoms with Gasteiger partial charge in [0, 0.05) is 94.7 Å². The maximum Gasteiger partial charge on any atom is 0.284 e. The van der Waals surface area contributed by atoms with Crippen molar-refractivity contribution in [1.82, 2.24) is 45.1 Å². The monoisotopic (exact) mass is 990 g/mol. The average molecular weight is 991 g/mol. The lowest BCUT2D eigenvalue weighted by Gasteiger charge is -2.60. The predicted octanol–water partition coefficient (Wildman–Crippen LogP) is 4.19. The molecule has 378 valence electrons. The summed E-state index contributed by atoms with van der Waals surface area (Å²) in [5.74, 6) is -1.31. The van der Waals surface area contributed by atoms with E-state index in [9.17, 15) is 32.8 Å². The smallest absolute Gasteiger partial charge is 0.284 e. The fraction of sp³-hybridized carbons (Fsp3) is 0.440. The van der Waals surface area contributed by atoms with Crippen LogP contribution in [0.2, 0.25) is 0 Å². The van der Waals surface area contributed by atoms with E-state index >= 15 is 0 Å². The molecule has 1 spiro atoms. The molecule has 20 nitrogen and oxygen atoms in total. The quantitative estimate of drug-likeness (QED) is 0.0431. The first-order valence-electron chi connectivity index (χ1n) is 24.3. The third kappa shape index (κ3) is 11.1. The molecule has 4 aliphatic heterocycles. The average Bonchev–Trinajstić information content (AvgIpc) is 3.75. The standard InChI is InChI=1S/C50H56F2N12O8/c51-44(52)43-37(57-45(66)38-26-72-47(58-38)33-12-13-55-40(22-33)56-24-32-4-5-32)25-63(60-43)34-8-6-31(7-9-34)23-53-14-18-70-20-16-61-27-50(28-61)29-62(30-50)17-21-71-19-15-54-36-3-1-2-35-42(36)49(69)64(48(35)68)39-10-11-41(65)59-46(39)67/h1-3,6-9,12-13,22,25-26,32,39,44,53-54H,4-5,10-11,14-21,23-24,27-30H2,(H,55,56)(H,57,66)(H,59,65,67). The molecule has 3 aromatic heterocycles. The summed E-state index contributed by atoms with van der Waals surface area (Å²) < 4.78 is 46.8. The van der Waals surface area contributed by atoms with Crippen LogP contribution in [-0.4, -0.2) is 155 Å². The number of nitrogens with one attached hydrogen (secondary N) is 5. The molecular weight excluding hydrogens is 935 g/mol. The van der Waals surface area contributed by atoms with Crippen molar-refractivity contribution in [3.63, 3.8) is 0 Å². The van der Waals surface area contributed by atoms with Gasteiger partial charge in [0.25, 0.3) is 24.1 Å². The molecule has 5 aromatic rings. The summed E-state index contributed by atoms with van der Waals surface area (Å²) in [7, 11) is 0. The number of imide groups is 2. The van der Waals surface area contributed by atoms with Crippen LogP contribution in [0.25, 0.3) is 17.1 Å². The van der Waals surface area contributed by atoms with Crippen LogP contribution in [0.15, 0.2) is 77.7 Å². The number of halogens is 2. The third-order valence-electron chi connectivity index (χ3n) is 13.5. The number of piperidine rings is 1. The highest BCUT2D eigenvalue weighted by molar-refractivity contribution is 6.25. The van der Waals surface area contributed by atoms with Crippen LogP contribution in [0.3, 0.4) is 0 Å². The number of benzene rings is 2. The molecule has 7 heterocycles. The number of oxazole rings is 1. The zero-order valence-electron chi connectivity index (χ0n) is 39.5. The summed E-state index contributed by atoms with van der Waals surface area (Å²) in [6.45, 7) is 10.6. The molecule has 5 N–H and O–H groups in total. The van der Waals surface area contributed by atoms with Crippen LogP contribution in [-0.2, 0) is 25.6 Å². The van der Waals surface area contributed by atoms with Gasteiger partial charge in [0.1, 0.15) is 18.1 Å². The molecule has 5 amide bonds. The van der Waals surface area contributed by atoms with Crippen LogP contribution in [0, 0.1) is 11.3 Å². The van der Waals surface area contributed by atoms with Gasteiger partial charge in [0.05, 0.1) is 55.1 Å². The van der Waals surface area contributed by atoms with Crippen molar-refractivity contribution in [2.45, 2.75) is 44.7 Å². The number of carbonyl (C=O) groups is 5. The molecule has 72 heavy (non-hydrogen) atoms. The number of ether oxygens (including phenoxy) is 2. The number of pyridine rings is 1. The highest BCUT2D eigenvalue weighted by Gasteiger charge is 2.51. The van der Waals surface area contributed by atoms with Gasteiger partial charge in [0.2, 0.25) is 17.7 Å². The van der Waals surface area contributed by atoms with Crippen LogP contribution in [0.5, 0.6) is 0 Å². The Morgan fingerprint density at radius 2 is 1.62 bits per heavy atom. The minimum atomic E-state index is -2.93. The fourth-order valence-corrected chi connectivity index (χ4v) is 9.68. The van der Waals surface area contributed by atoms with Gasteiger partial charge in [0.15, 0.2) is 11.4 Å². The molecule has 10 rings (SSSR count). The molecular formula is C50H56F2N12O8. The fourth-order valence-electron chi connectivity index (χ4n) is 9.68. The van der Waals surface area contributed by atoms with E-state index in [-0.39, 0.29) is 41.2 Å². The van der Waals surface area contributed by atoms with E-state index in [4.69, 9.17) is 13.9 Å². The maximum absolute atomic E-state index is 14.1. The second-order valence-electron chi connectivity index (χ2n) is 19.0. The van der Waals surface area contributed by atoms with E-state index in [2.05, 4.69) is 51.5 Å². The number of likely N-dealkylation sites (tertiary alicyclic amines) is 2. The lowest BCUT2D eigenvalue weighted by atomic mass is 9.73. The number of fused-ring (bicyclic) bond motifs is 1. The zero-order chi connectivity index (χ0) is 49.8. The van der Waals surface area contributed by atoms with Gasteiger partial charge in [-0.05, 0) is 67.1 Å². The topological polar surface area (TPSA) is 230 Å². The van der Waals surface area contributed by atoms with Gasteiger partial charge in [-0.15, -0.1) is 0 Å². The lowest BCUT2D eigenvalue weighted by Crippen LogP contribution is -2.72. The van der Waals surface area contributed by atoms with Crippen LogP contribution >= 0.6 is 0 Å². The Balaban J connectivity index is 0.572. The number of carbonyl (C=O) groups excluding carboxylic acids is 5. The molecule has 3 saturated heterocycles. The highest BCUT2D eigenvalue weighted by Crippen LogP contribution is 2.39. The lowest BCUT2D eigenvalue weighted by molar-refractivity contribution is -0.136. The number of nitrogens with zero attached hydrogens (tertiary/aromatic N) is 7. The van der Waals surface area contributed by atoms with Crippen LogP contribution < -0.4 is 26.6 Å². The Hall–Kier alpha value is -6.98. The van der Waals surface area contributed by atoms with Crippen molar-refractivity contribution in [3.8, 4) is 17.1 Å². The maximum atomic E-state index is 14.1. The van der Waals surface area contributed by atoms with Crippen molar-refractivity contribution in [1.29, 1.82) is 0 Å². The van der Waals surface area contributed by atoms with Crippen molar-refractivity contribution >= 4 is 46.7 Å². The van der Waals surface area contributed by atoms with Gasteiger partial charge >= 0.3 is 0 Å². The summed E-state index contributed by atoms with van der Waals surface area (Å²) >= 11 is 0. The molecule has 2 aromatic carbocycles. The van der Waals surface area contributed by atoms with E-state index in [1.54, 1.807) is 48.7 Å². The van der Waals surface area contributed by atoms with E-state index in [0.717, 1.165) is 56.3 Å². The Morgan fingerprint density at radius 1 is 0.875 bits per heavy atom. The second kappa shape index (κ2) is 21.4. The number of hydrogen-bond donors (Lipinski definition) is 5. The van der Waals surface area contributed by atoms with Gasteiger partial charge in [-0.1, -0.05) is 18.2 Å². The molecule has 1 saturated carbocycles. The van der Waals surface area contributed by atoms with Crippen molar-refractivity contribution in [2.24, 2.45) is 11.3 Å². The Labute approximate surface area is 413 Å². The summed E-state index contributed by atoms with van der Waals surface area (Å²) in [6, 6.07) is 14.8. The number of amides is 5. The first-order valence-corrected chi connectivity index (χ1v) is 24.3. The molecule has 0 bridgehead atoms. The highest BCUT2D eigenvalue weighted by atomic mass is 19.3. The first kappa shape index (κ1) is 48.6. The van der Waals surface area contributed by atoms with Gasteiger partial charge < -0.3 is 35.2 Å². The van der Waals surface area contributed by atoms with Gasteiger partial charge in [-0.3, -0.25) is 44.0 Å². The van der Waals surface area contributed by atoms with Crippen molar-refractivity contribution in [3.05, 3.63) is 101 Å². The van der Waals surface area contributed by atoms with Crippen molar-refractivity contribution in [2.75, 3.05) is 101 Å². The molecule has 1 atom stereocenters. The minimum absolute atomic E-state index is 0.0655. The normalized spacial score (nSPS) is 18.6. The van der Waals surface area contributed by atoms with Gasteiger partial charge in [-0.25, -0.2) is 23.4 Å². The predicted molar refractivity (Wildman–Crippen MR) is 258 cm³/mol.